The van der Waals surface area contributed by atoms with Crippen LogP contribution in [0.1, 0.15) is 53.2 Å². The fraction of sp³-hybridized carbons (Fsp3) is 0.476. The van der Waals surface area contributed by atoms with E-state index in [0.29, 0.717) is 18.1 Å². The van der Waals surface area contributed by atoms with Crippen molar-refractivity contribution in [3.8, 4) is 0 Å². The van der Waals surface area contributed by atoms with E-state index < -0.39 is 5.92 Å². The van der Waals surface area contributed by atoms with Crippen LogP contribution in [0, 0.1) is 0 Å². The largest absolute Gasteiger partial charge is 0.475 e. The quantitative estimate of drug-likeness (QED) is 0.823. The SMILES string of the molecule is CC1=C(C(=O)OC(C)C)[C@@H](c2ccccn2)C(C2=NC(C)(C)CO2)=C(C)N1. The third-order valence-electron chi connectivity index (χ3n) is 4.50. The zero-order valence-electron chi connectivity index (χ0n) is 16.8. The predicted octanol–water partition coefficient (Wildman–Crippen LogP) is 3.48. The summed E-state index contributed by atoms with van der Waals surface area (Å²) in [7, 11) is 0. The highest BCUT2D eigenvalue weighted by molar-refractivity contribution is 6.02. The normalized spacial score (nSPS) is 21.7. The molecule has 0 radical (unpaired) electrons. The second kappa shape index (κ2) is 7.18. The first-order valence-electron chi connectivity index (χ1n) is 9.23. The van der Waals surface area contributed by atoms with Crippen LogP contribution in [0.4, 0.5) is 0 Å². The minimum Gasteiger partial charge on any atom is -0.475 e. The summed E-state index contributed by atoms with van der Waals surface area (Å²) >= 11 is 0. The second-order valence-corrected chi connectivity index (χ2v) is 7.86. The molecule has 2 aliphatic rings. The Morgan fingerprint density at radius 1 is 1.30 bits per heavy atom. The van der Waals surface area contributed by atoms with Gasteiger partial charge < -0.3 is 14.8 Å². The Bertz CT molecular complexity index is 835. The molecule has 144 valence electrons. The molecule has 0 amide bonds. The molecule has 1 aromatic heterocycles. The number of hydrogen-bond acceptors (Lipinski definition) is 6. The molecule has 1 atom stereocenters. The van der Waals surface area contributed by atoms with Gasteiger partial charge in [0.1, 0.15) is 6.61 Å². The van der Waals surface area contributed by atoms with Gasteiger partial charge >= 0.3 is 5.97 Å². The molecular weight excluding hydrogens is 342 g/mol. The summed E-state index contributed by atoms with van der Waals surface area (Å²) in [6.07, 6.45) is 1.52. The first-order valence-corrected chi connectivity index (χ1v) is 9.23. The molecule has 0 unspecified atom stereocenters. The first-order chi connectivity index (χ1) is 12.7. The highest BCUT2D eigenvalue weighted by Crippen LogP contribution is 2.40. The average molecular weight is 369 g/mol. The van der Waals surface area contributed by atoms with Crippen LogP contribution < -0.4 is 5.32 Å². The highest BCUT2D eigenvalue weighted by atomic mass is 16.5. The zero-order valence-corrected chi connectivity index (χ0v) is 16.8. The topological polar surface area (TPSA) is 72.8 Å². The van der Waals surface area contributed by atoms with Crippen molar-refractivity contribution in [2.75, 3.05) is 6.61 Å². The van der Waals surface area contributed by atoms with Gasteiger partial charge in [-0.2, -0.15) is 0 Å². The van der Waals surface area contributed by atoms with Crippen molar-refractivity contribution in [3.05, 3.63) is 52.6 Å². The summed E-state index contributed by atoms with van der Waals surface area (Å²) in [5, 5.41) is 3.31. The smallest absolute Gasteiger partial charge is 0.337 e. The van der Waals surface area contributed by atoms with Gasteiger partial charge in [0.25, 0.3) is 0 Å². The molecule has 3 heterocycles. The maximum absolute atomic E-state index is 12.9. The van der Waals surface area contributed by atoms with E-state index in [9.17, 15) is 4.79 Å². The van der Waals surface area contributed by atoms with Crippen LogP contribution >= 0.6 is 0 Å². The monoisotopic (exact) mass is 369 g/mol. The van der Waals surface area contributed by atoms with Crippen LogP contribution in [0.25, 0.3) is 0 Å². The molecule has 0 saturated heterocycles. The number of allylic oxidation sites excluding steroid dienone is 2. The second-order valence-electron chi connectivity index (χ2n) is 7.86. The third-order valence-corrected chi connectivity index (χ3v) is 4.50. The number of rotatable bonds is 4. The summed E-state index contributed by atoms with van der Waals surface area (Å²) in [6.45, 7) is 12.1. The van der Waals surface area contributed by atoms with Gasteiger partial charge in [0.2, 0.25) is 5.90 Å². The molecule has 3 rings (SSSR count). The fourth-order valence-corrected chi connectivity index (χ4v) is 3.39. The molecule has 2 aliphatic heterocycles. The van der Waals surface area contributed by atoms with E-state index in [1.54, 1.807) is 6.20 Å². The maximum Gasteiger partial charge on any atom is 0.337 e. The number of carbonyl (C=O) groups is 1. The Hall–Kier alpha value is -2.63. The lowest BCUT2D eigenvalue weighted by Crippen LogP contribution is -2.33. The Morgan fingerprint density at radius 3 is 2.59 bits per heavy atom. The van der Waals surface area contributed by atoms with Crippen molar-refractivity contribution in [1.82, 2.24) is 10.3 Å². The summed E-state index contributed by atoms with van der Waals surface area (Å²) in [4.78, 5) is 22.2. The number of nitrogens with zero attached hydrogens (tertiary/aromatic N) is 2. The van der Waals surface area contributed by atoms with E-state index in [0.717, 1.165) is 22.7 Å². The van der Waals surface area contributed by atoms with E-state index in [2.05, 4.69) is 10.3 Å². The predicted molar refractivity (Wildman–Crippen MR) is 104 cm³/mol. The third kappa shape index (κ3) is 3.89. The van der Waals surface area contributed by atoms with Crippen molar-refractivity contribution in [3.63, 3.8) is 0 Å². The number of dihydropyridines is 1. The van der Waals surface area contributed by atoms with Crippen molar-refractivity contribution >= 4 is 11.9 Å². The van der Waals surface area contributed by atoms with Gasteiger partial charge in [-0.1, -0.05) is 6.07 Å². The van der Waals surface area contributed by atoms with E-state index in [-0.39, 0.29) is 17.6 Å². The lowest BCUT2D eigenvalue weighted by molar-refractivity contribution is -0.143. The molecule has 6 nitrogen and oxygen atoms in total. The van der Waals surface area contributed by atoms with Crippen molar-refractivity contribution in [2.45, 2.75) is 59.1 Å². The average Bonchev–Trinajstić information content (AvgIpc) is 2.93. The summed E-state index contributed by atoms with van der Waals surface area (Å²) in [6, 6.07) is 5.69. The highest BCUT2D eigenvalue weighted by Gasteiger charge is 2.40. The minimum absolute atomic E-state index is 0.211. The van der Waals surface area contributed by atoms with Gasteiger partial charge in [0.15, 0.2) is 0 Å². The lowest BCUT2D eigenvalue weighted by atomic mass is 9.82. The number of hydrogen-bond donors (Lipinski definition) is 1. The van der Waals surface area contributed by atoms with Crippen LogP contribution in [0.5, 0.6) is 0 Å². The van der Waals surface area contributed by atoms with E-state index in [1.807, 2.05) is 59.7 Å². The molecular formula is C21H27N3O3. The zero-order chi connectivity index (χ0) is 19.8. The van der Waals surface area contributed by atoms with Crippen LogP contribution in [0.2, 0.25) is 0 Å². The molecule has 0 spiro atoms. The number of aliphatic imine (C=N–C) groups is 1. The number of pyridine rings is 1. The van der Waals surface area contributed by atoms with E-state index in [4.69, 9.17) is 14.5 Å². The number of nitrogens with one attached hydrogen (secondary N) is 1. The van der Waals surface area contributed by atoms with Gasteiger partial charge in [-0.05, 0) is 53.7 Å². The van der Waals surface area contributed by atoms with Gasteiger partial charge in [0, 0.05) is 23.2 Å². The summed E-state index contributed by atoms with van der Waals surface area (Å²) in [5.74, 6) is -0.192. The molecule has 0 fully saturated rings. The molecule has 0 saturated carbocycles. The van der Waals surface area contributed by atoms with Crippen molar-refractivity contribution in [1.29, 1.82) is 0 Å². The van der Waals surface area contributed by atoms with Crippen molar-refractivity contribution < 1.29 is 14.3 Å². The maximum atomic E-state index is 12.9. The molecule has 1 N–H and O–H groups in total. The molecule has 27 heavy (non-hydrogen) atoms. The molecule has 1 aromatic rings. The summed E-state index contributed by atoms with van der Waals surface area (Å²) < 4.78 is 11.5. The minimum atomic E-state index is -0.397. The van der Waals surface area contributed by atoms with Crippen LogP contribution in [-0.4, -0.2) is 35.1 Å². The number of aromatic nitrogens is 1. The Morgan fingerprint density at radius 2 is 2.04 bits per heavy atom. The van der Waals surface area contributed by atoms with Gasteiger partial charge in [0.05, 0.1) is 28.8 Å². The molecule has 0 aliphatic carbocycles. The Balaban J connectivity index is 2.14. The van der Waals surface area contributed by atoms with E-state index in [1.165, 1.54) is 0 Å². The fourth-order valence-electron chi connectivity index (χ4n) is 3.39. The van der Waals surface area contributed by atoms with E-state index >= 15 is 0 Å². The first kappa shape index (κ1) is 19.1. The van der Waals surface area contributed by atoms with Crippen LogP contribution in [0.15, 0.2) is 51.9 Å². The van der Waals surface area contributed by atoms with Crippen LogP contribution in [-0.2, 0) is 14.3 Å². The molecule has 0 aromatic carbocycles. The van der Waals surface area contributed by atoms with Gasteiger partial charge in [-0.3, -0.25) is 4.98 Å². The summed E-state index contributed by atoms with van der Waals surface area (Å²) in [5.41, 5.74) is 3.50. The van der Waals surface area contributed by atoms with Crippen LogP contribution in [0.3, 0.4) is 0 Å². The molecule has 0 bridgehead atoms. The van der Waals surface area contributed by atoms with Gasteiger partial charge in [-0.25, -0.2) is 9.79 Å². The van der Waals surface area contributed by atoms with Gasteiger partial charge in [-0.15, -0.1) is 0 Å². The Labute approximate surface area is 160 Å². The Kier molecular flexibility index (Phi) is 5.09. The number of carbonyl (C=O) groups excluding carboxylic acids is 1. The lowest BCUT2D eigenvalue weighted by Gasteiger charge is -2.30. The number of esters is 1. The number of ether oxygens (including phenoxy) is 2. The molecule has 6 heteroatoms. The van der Waals surface area contributed by atoms with Crippen molar-refractivity contribution in [2.24, 2.45) is 4.99 Å². The standard InChI is InChI=1S/C21H27N3O3/c1-12(2)27-20(25)17-14(4)23-13(3)16(19-24-21(5,6)11-26-19)18(17)15-9-7-8-10-22-15/h7-10,12,18,23H,11H2,1-6H3/t18-/m0/s1.